The fourth-order valence-electron chi connectivity index (χ4n) is 9.61. The van der Waals surface area contributed by atoms with E-state index >= 15 is 0 Å². The third-order valence-electron chi connectivity index (χ3n) is 14.5. The van der Waals surface area contributed by atoms with E-state index in [0.29, 0.717) is 19.3 Å². The van der Waals surface area contributed by atoms with E-state index in [1.165, 1.54) is 205 Å². The highest BCUT2D eigenvalue weighted by molar-refractivity contribution is 5.71. The van der Waals surface area contributed by atoms with Crippen LogP contribution in [0.15, 0.2) is 60.8 Å². The molecule has 436 valence electrons. The summed E-state index contributed by atoms with van der Waals surface area (Å²) in [7, 11) is 0. The number of unbranched alkanes of at least 4 members (excludes halogenated alkanes) is 39. The van der Waals surface area contributed by atoms with Crippen molar-refractivity contribution in [2.45, 2.75) is 348 Å². The van der Waals surface area contributed by atoms with Crippen LogP contribution >= 0.6 is 0 Å². The van der Waals surface area contributed by atoms with Crippen molar-refractivity contribution in [3.05, 3.63) is 60.8 Å². The summed E-state index contributed by atoms with van der Waals surface area (Å²) < 4.78 is 16.9. The molecule has 0 aromatic carbocycles. The molecule has 0 aromatic heterocycles. The van der Waals surface area contributed by atoms with Crippen molar-refractivity contribution in [1.29, 1.82) is 0 Å². The molecule has 0 radical (unpaired) electrons. The standard InChI is InChI=1S/C69H124O6/c1-4-7-10-13-16-19-22-25-28-30-31-32-33-34-35-36-37-38-39-42-44-47-50-53-56-59-62-68(71)74-65-66(64-73-67(70)61-58-55-52-49-46-43-40-27-24-21-18-15-12-9-6-3)75-69(72)63-60-57-54-51-48-45-41-29-26-23-20-17-14-11-8-5-2/h9,12,18,21,27,29,40-41,46,49,66H,4-8,10-11,13-17,19-20,22-26,28,30-39,42-45,47-48,50-65H2,1-3H3/b12-9-,21-18-,40-27-,41-29-,49-46-. The lowest BCUT2D eigenvalue weighted by Gasteiger charge is -2.18. The number of hydrogen-bond donors (Lipinski definition) is 0. The second-order valence-electron chi connectivity index (χ2n) is 22.0. The molecule has 0 saturated carbocycles. The van der Waals surface area contributed by atoms with Crippen LogP contribution in [-0.4, -0.2) is 37.2 Å². The Hall–Kier alpha value is -2.89. The van der Waals surface area contributed by atoms with Gasteiger partial charge in [-0.15, -0.1) is 0 Å². The molecule has 0 saturated heterocycles. The normalized spacial score (nSPS) is 12.4. The Kier molecular flexibility index (Phi) is 61.2. The zero-order valence-electron chi connectivity index (χ0n) is 50.1. The highest BCUT2D eigenvalue weighted by atomic mass is 16.6. The van der Waals surface area contributed by atoms with Crippen molar-refractivity contribution in [2.24, 2.45) is 0 Å². The maximum atomic E-state index is 12.9. The van der Waals surface area contributed by atoms with E-state index < -0.39 is 6.10 Å². The van der Waals surface area contributed by atoms with E-state index in [-0.39, 0.29) is 31.1 Å². The number of ether oxygens (including phenoxy) is 3. The summed E-state index contributed by atoms with van der Waals surface area (Å²) in [5, 5.41) is 0. The van der Waals surface area contributed by atoms with Crippen LogP contribution < -0.4 is 0 Å². The fraction of sp³-hybridized carbons (Fsp3) is 0.812. The van der Waals surface area contributed by atoms with E-state index in [4.69, 9.17) is 14.2 Å². The van der Waals surface area contributed by atoms with Gasteiger partial charge in [0.2, 0.25) is 0 Å². The van der Waals surface area contributed by atoms with Crippen LogP contribution in [0.4, 0.5) is 0 Å². The first kappa shape index (κ1) is 72.1. The Morgan fingerprint density at radius 2 is 0.520 bits per heavy atom. The molecule has 6 nitrogen and oxygen atoms in total. The van der Waals surface area contributed by atoms with E-state index in [1.54, 1.807) is 0 Å². The lowest BCUT2D eigenvalue weighted by Crippen LogP contribution is -2.30. The molecule has 0 aliphatic heterocycles. The maximum Gasteiger partial charge on any atom is 0.306 e. The molecule has 75 heavy (non-hydrogen) atoms. The lowest BCUT2D eigenvalue weighted by atomic mass is 10.0. The molecule has 1 unspecified atom stereocenters. The van der Waals surface area contributed by atoms with Gasteiger partial charge in [0.15, 0.2) is 6.10 Å². The second-order valence-corrected chi connectivity index (χ2v) is 22.0. The van der Waals surface area contributed by atoms with Gasteiger partial charge in [-0.1, -0.05) is 300 Å². The molecule has 6 heteroatoms. The van der Waals surface area contributed by atoms with E-state index in [1.807, 2.05) is 0 Å². The maximum absolute atomic E-state index is 12.9. The molecule has 0 aromatic rings. The van der Waals surface area contributed by atoms with Crippen LogP contribution in [0.5, 0.6) is 0 Å². The van der Waals surface area contributed by atoms with Gasteiger partial charge in [-0.25, -0.2) is 0 Å². The van der Waals surface area contributed by atoms with Gasteiger partial charge in [-0.3, -0.25) is 14.4 Å². The predicted molar refractivity (Wildman–Crippen MR) is 325 cm³/mol. The van der Waals surface area contributed by atoms with Crippen LogP contribution in [-0.2, 0) is 28.6 Å². The first-order valence-corrected chi connectivity index (χ1v) is 32.8. The SMILES string of the molecule is CC/C=C\C/C=C\C/C=C\C/C=C\CCCCC(=O)OCC(COC(=O)CCCCCCCCCCCCCCCCCCCCCCCCCCCC)OC(=O)CCCCCCC/C=C\CCCCCCCCC. The quantitative estimate of drug-likeness (QED) is 0.0261. The number of allylic oxidation sites excluding steroid dienone is 10. The van der Waals surface area contributed by atoms with Crippen molar-refractivity contribution in [2.75, 3.05) is 13.2 Å². The molecular formula is C69H124O6. The Balaban J connectivity index is 4.28. The van der Waals surface area contributed by atoms with Gasteiger partial charge in [0, 0.05) is 19.3 Å². The van der Waals surface area contributed by atoms with Crippen LogP contribution in [0, 0.1) is 0 Å². The van der Waals surface area contributed by atoms with Gasteiger partial charge in [0.1, 0.15) is 13.2 Å². The number of carbonyl (C=O) groups excluding carboxylic acids is 3. The molecule has 0 fully saturated rings. The summed E-state index contributed by atoms with van der Waals surface area (Å²) in [6.45, 7) is 6.53. The Morgan fingerprint density at radius 1 is 0.280 bits per heavy atom. The summed E-state index contributed by atoms with van der Waals surface area (Å²) in [6, 6.07) is 0. The second kappa shape index (κ2) is 63.6. The Morgan fingerprint density at radius 3 is 0.853 bits per heavy atom. The zero-order valence-corrected chi connectivity index (χ0v) is 50.1. The number of rotatable bonds is 60. The third kappa shape index (κ3) is 61.8. The average molecular weight is 1050 g/mol. The molecule has 0 aliphatic rings. The Bertz CT molecular complexity index is 1340. The lowest BCUT2D eigenvalue weighted by molar-refractivity contribution is -0.167. The molecule has 0 heterocycles. The summed E-state index contributed by atoms with van der Waals surface area (Å²) in [6.07, 6.45) is 81.1. The molecule has 0 bridgehead atoms. The number of carbonyl (C=O) groups is 3. The van der Waals surface area contributed by atoms with Gasteiger partial charge in [0.25, 0.3) is 0 Å². The predicted octanol–water partition coefficient (Wildman–Crippen LogP) is 22.3. The highest BCUT2D eigenvalue weighted by Crippen LogP contribution is 2.18. The minimum absolute atomic E-state index is 0.0877. The summed E-state index contributed by atoms with van der Waals surface area (Å²) >= 11 is 0. The average Bonchev–Trinajstić information content (AvgIpc) is 3.41. The smallest absolute Gasteiger partial charge is 0.306 e. The molecule has 0 N–H and O–H groups in total. The van der Waals surface area contributed by atoms with Gasteiger partial charge in [-0.2, -0.15) is 0 Å². The third-order valence-corrected chi connectivity index (χ3v) is 14.5. The van der Waals surface area contributed by atoms with Crippen LogP contribution in [0.25, 0.3) is 0 Å². The minimum Gasteiger partial charge on any atom is -0.462 e. The largest absolute Gasteiger partial charge is 0.462 e. The molecule has 0 amide bonds. The van der Waals surface area contributed by atoms with Crippen LogP contribution in [0.1, 0.15) is 342 Å². The van der Waals surface area contributed by atoms with Crippen LogP contribution in [0.3, 0.4) is 0 Å². The van der Waals surface area contributed by atoms with Gasteiger partial charge >= 0.3 is 17.9 Å². The summed E-state index contributed by atoms with van der Waals surface area (Å²) in [4.78, 5) is 38.3. The molecule has 1 atom stereocenters. The molecule has 0 rings (SSSR count). The molecule has 0 aliphatic carbocycles. The van der Waals surface area contributed by atoms with E-state index in [0.717, 1.165) is 96.3 Å². The monoisotopic (exact) mass is 1050 g/mol. The van der Waals surface area contributed by atoms with Crippen molar-refractivity contribution in [3.8, 4) is 0 Å². The van der Waals surface area contributed by atoms with Crippen molar-refractivity contribution in [3.63, 3.8) is 0 Å². The highest BCUT2D eigenvalue weighted by Gasteiger charge is 2.19. The Labute approximate surface area is 466 Å². The molecule has 0 spiro atoms. The van der Waals surface area contributed by atoms with Crippen molar-refractivity contribution in [1.82, 2.24) is 0 Å². The zero-order chi connectivity index (χ0) is 54.3. The summed E-state index contributed by atoms with van der Waals surface area (Å²) in [5.74, 6) is -0.922. The first-order chi connectivity index (χ1) is 37.0. The van der Waals surface area contributed by atoms with Gasteiger partial charge in [-0.05, 0) is 83.5 Å². The van der Waals surface area contributed by atoms with Crippen molar-refractivity contribution < 1.29 is 28.6 Å². The first-order valence-electron chi connectivity index (χ1n) is 32.8. The number of hydrogen-bond acceptors (Lipinski definition) is 6. The minimum atomic E-state index is -0.795. The fourth-order valence-corrected chi connectivity index (χ4v) is 9.61. The van der Waals surface area contributed by atoms with Gasteiger partial charge in [0.05, 0.1) is 0 Å². The van der Waals surface area contributed by atoms with E-state index in [2.05, 4.69) is 81.5 Å². The van der Waals surface area contributed by atoms with E-state index in [9.17, 15) is 14.4 Å². The van der Waals surface area contributed by atoms with Crippen molar-refractivity contribution >= 4 is 17.9 Å². The topological polar surface area (TPSA) is 78.9 Å². The number of esters is 3. The van der Waals surface area contributed by atoms with Crippen LogP contribution in [0.2, 0.25) is 0 Å². The molecular weight excluding hydrogens is 925 g/mol. The van der Waals surface area contributed by atoms with Gasteiger partial charge < -0.3 is 14.2 Å². The summed E-state index contributed by atoms with van der Waals surface area (Å²) in [5.41, 5.74) is 0.